The van der Waals surface area contributed by atoms with E-state index in [1.807, 2.05) is 31.2 Å². The Morgan fingerprint density at radius 2 is 1.94 bits per heavy atom. The molecule has 1 aliphatic heterocycles. The van der Waals surface area contributed by atoms with Crippen LogP contribution in [0, 0.1) is 6.92 Å². The molecule has 0 aromatic heterocycles. The maximum Gasteiger partial charge on any atom is 0.323 e. The van der Waals surface area contributed by atoms with Gasteiger partial charge in [-0.1, -0.05) is 18.2 Å². The topological polar surface area (TPSA) is 116 Å². The fourth-order valence-corrected chi connectivity index (χ4v) is 3.51. The van der Waals surface area contributed by atoms with E-state index in [1.165, 1.54) is 24.2 Å². The number of aliphatic carboxylic acids is 1. The maximum absolute atomic E-state index is 13.1. The zero-order valence-corrected chi connectivity index (χ0v) is 18.6. The molecule has 9 heteroatoms. The van der Waals surface area contributed by atoms with Crippen molar-refractivity contribution in [1.82, 2.24) is 10.2 Å². The van der Waals surface area contributed by atoms with Crippen molar-refractivity contribution in [1.29, 1.82) is 0 Å². The minimum atomic E-state index is -1.41. The summed E-state index contributed by atoms with van der Waals surface area (Å²) in [5.41, 5.74) is 2.85. The van der Waals surface area contributed by atoms with Crippen LogP contribution in [-0.2, 0) is 14.4 Å². The summed E-state index contributed by atoms with van der Waals surface area (Å²) in [4.78, 5) is 51.8. The van der Waals surface area contributed by atoms with Crippen molar-refractivity contribution in [2.75, 3.05) is 25.6 Å². The number of nitrogens with zero attached hydrogens (tertiary/aromatic N) is 2. The number of carboxylic acid groups (broad SMARTS) is 1. The third-order valence-corrected chi connectivity index (χ3v) is 5.29. The van der Waals surface area contributed by atoms with E-state index in [0.29, 0.717) is 11.4 Å². The molecule has 33 heavy (non-hydrogen) atoms. The largest absolute Gasteiger partial charge is 0.497 e. The molecule has 0 saturated carbocycles. The lowest BCUT2D eigenvalue weighted by Gasteiger charge is -2.33. The first-order valence-corrected chi connectivity index (χ1v) is 10.3. The van der Waals surface area contributed by atoms with E-state index < -0.39 is 29.7 Å². The number of benzene rings is 2. The molecular formula is C24H25N3O6. The van der Waals surface area contributed by atoms with E-state index >= 15 is 0 Å². The molecule has 0 saturated heterocycles. The van der Waals surface area contributed by atoms with Crippen LogP contribution >= 0.6 is 0 Å². The Hall–Kier alpha value is -4.14. The predicted molar refractivity (Wildman–Crippen MR) is 122 cm³/mol. The Balaban J connectivity index is 2.07. The quantitative estimate of drug-likeness (QED) is 0.625. The van der Waals surface area contributed by atoms with Gasteiger partial charge in [0.25, 0.3) is 5.91 Å². The van der Waals surface area contributed by atoms with Gasteiger partial charge in [0.05, 0.1) is 13.5 Å². The highest BCUT2D eigenvalue weighted by molar-refractivity contribution is 6.19. The first kappa shape index (κ1) is 23.5. The minimum absolute atomic E-state index is 0.153. The molecule has 0 aliphatic carbocycles. The number of ketones is 1. The van der Waals surface area contributed by atoms with Gasteiger partial charge in [0.15, 0.2) is 11.8 Å². The van der Waals surface area contributed by atoms with Gasteiger partial charge in [-0.15, -0.1) is 0 Å². The van der Waals surface area contributed by atoms with Crippen LogP contribution in [0.15, 0.2) is 54.7 Å². The highest BCUT2D eigenvalue weighted by atomic mass is 16.5. The molecule has 1 atom stereocenters. The number of hydrogen-bond donors (Lipinski definition) is 2. The van der Waals surface area contributed by atoms with Crippen molar-refractivity contribution in [2.24, 2.45) is 0 Å². The van der Waals surface area contributed by atoms with Crippen molar-refractivity contribution in [3.05, 3.63) is 60.3 Å². The second-order valence-corrected chi connectivity index (χ2v) is 7.55. The zero-order chi connectivity index (χ0) is 24.1. The second-order valence-electron chi connectivity index (χ2n) is 7.55. The molecule has 0 spiro atoms. The van der Waals surface area contributed by atoms with Crippen LogP contribution in [0.25, 0.3) is 11.1 Å². The summed E-state index contributed by atoms with van der Waals surface area (Å²) in [6.45, 7) is 1.75. The summed E-state index contributed by atoms with van der Waals surface area (Å²) in [7, 11) is 3.06. The van der Waals surface area contributed by atoms with Crippen LogP contribution in [0.2, 0.25) is 0 Å². The predicted octanol–water partition coefficient (Wildman–Crippen LogP) is 2.58. The zero-order valence-electron chi connectivity index (χ0n) is 18.6. The molecule has 0 fully saturated rings. The van der Waals surface area contributed by atoms with E-state index in [2.05, 4.69) is 5.32 Å². The number of hydrogen-bond acceptors (Lipinski definition) is 5. The van der Waals surface area contributed by atoms with Crippen LogP contribution < -0.4 is 15.0 Å². The number of methoxy groups -OCH3 is 1. The number of nitrogens with one attached hydrogen (secondary N) is 1. The monoisotopic (exact) mass is 451 g/mol. The number of amides is 3. The first-order chi connectivity index (χ1) is 15.7. The van der Waals surface area contributed by atoms with Gasteiger partial charge in [0, 0.05) is 31.6 Å². The number of likely N-dealkylation sites (N-methyl/N-ethyl adjacent to an activating group) is 1. The average Bonchev–Trinajstić information content (AvgIpc) is 2.79. The number of urea groups is 1. The lowest BCUT2D eigenvalue weighted by Crippen LogP contribution is -2.57. The number of carboxylic acids is 1. The molecule has 172 valence electrons. The van der Waals surface area contributed by atoms with Gasteiger partial charge in [-0.25, -0.2) is 4.79 Å². The van der Waals surface area contributed by atoms with Crippen LogP contribution in [0.3, 0.4) is 0 Å². The summed E-state index contributed by atoms with van der Waals surface area (Å²) >= 11 is 0. The lowest BCUT2D eigenvalue weighted by molar-refractivity contribution is -0.137. The van der Waals surface area contributed by atoms with Gasteiger partial charge >= 0.3 is 12.0 Å². The summed E-state index contributed by atoms with van der Waals surface area (Å²) in [5.74, 6) is -1.54. The minimum Gasteiger partial charge on any atom is -0.497 e. The standard InChI is InChI=1S/C24H25N3O6/c1-15-7-8-17(14-19(15)16-5-4-6-18(13-16)33-3)27(24(32)25-11-9-21(29)30)22-20(28)10-12-26(2)23(22)31/h4-8,10,12-14,22H,9,11H2,1-3H3,(H,25,32)(H,29,30). The molecule has 3 amide bonds. The Labute approximate surface area is 191 Å². The van der Waals surface area contributed by atoms with Crippen molar-refractivity contribution >= 4 is 29.4 Å². The molecule has 0 bridgehead atoms. The fourth-order valence-electron chi connectivity index (χ4n) is 3.51. The smallest absolute Gasteiger partial charge is 0.323 e. The average molecular weight is 451 g/mol. The Morgan fingerprint density at radius 1 is 1.18 bits per heavy atom. The second kappa shape index (κ2) is 9.99. The van der Waals surface area contributed by atoms with Gasteiger partial charge in [0.1, 0.15) is 5.75 Å². The summed E-state index contributed by atoms with van der Waals surface area (Å²) in [5, 5.41) is 11.4. The molecule has 9 nitrogen and oxygen atoms in total. The highest BCUT2D eigenvalue weighted by Crippen LogP contribution is 2.32. The van der Waals surface area contributed by atoms with E-state index in [-0.39, 0.29) is 13.0 Å². The van der Waals surface area contributed by atoms with E-state index in [0.717, 1.165) is 21.6 Å². The lowest BCUT2D eigenvalue weighted by atomic mass is 9.98. The van der Waals surface area contributed by atoms with Crippen LogP contribution in [-0.4, -0.2) is 60.4 Å². The molecular weight excluding hydrogens is 426 g/mol. The normalized spacial score (nSPS) is 15.4. The van der Waals surface area contributed by atoms with Crippen LogP contribution in [0.4, 0.5) is 10.5 Å². The molecule has 3 rings (SSSR count). The molecule has 1 heterocycles. The summed E-state index contributed by atoms with van der Waals surface area (Å²) < 4.78 is 5.31. The number of anilines is 1. The molecule has 2 aromatic rings. The molecule has 2 aromatic carbocycles. The number of carbonyl (C=O) groups excluding carboxylic acids is 3. The van der Waals surface area contributed by atoms with Gasteiger partial charge in [-0.2, -0.15) is 0 Å². The van der Waals surface area contributed by atoms with E-state index in [4.69, 9.17) is 9.84 Å². The number of ether oxygens (including phenoxy) is 1. The first-order valence-electron chi connectivity index (χ1n) is 10.3. The van der Waals surface area contributed by atoms with Crippen molar-refractivity contribution in [2.45, 2.75) is 19.4 Å². The SMILES string of the molecule is COc1cccc(-c2cc(N(C(=O)NCCC(=O)O)C3C(=O)C=CN(C)C3=O)ccc2C)c1. The highest BCUT2D eigenvalue weighted by Gasteiger charge is 2.39. The fraction of sp³-hybridized carbons (Fsp3) is 0.250. The van der Waals surface area contributed by atoms with Crippen molar-refractivity contribution in [3.8, 4) is 16.9 Å². The summed E-state index contributed by atoms with van der Waals surface area (Å²) in [6, 6.07) is 10.4. The molecule has 1 aliphatic rings. The van der Waals surface area contributed by atoms with Gasteiger partial charge in [0.2, 0.25) is 0 Å². The van der Waals surface area contributed by atoms with Gasteiger partial charge in [-0.3, -0.25) is 19.3 Å². The Morgan fingerprint density at radius 3 is 2.64 bits per heavy atom. The molecule has 2 N–H and O–H groups in total. The van der Waals surface area contributed by atoms with Gasteiger partial charge < -0.3 is 20.1 Å². The van der Waals surface area contributed by atoms with Crippen molar-refractivity contribution in [3.63, 3.8) is 0 Å². The third kappa shape index (κ3) is 5.20. The van der Waals surface area contributed by atoms with E-state index in [1.54, 1.807) is 25.3 Å². The summed E-state index contributed by atoms with van der Waals surface area (Å²) in [6.07, 6.45) is 2.29. The molecule has 0 radical (unpaired) electrons. The third-order valence-electron chi connectivity index (χ3n) is 5.29. The Kier molecular flexibility index (Phi) is 7.12. The van der Waals surface area contributed by atoms with Crippen LogP contribution in [0.5, 0.6) is 5.75 Å². The van der Waals surface area contributed by atoms with Gasteiger partial charge in [-0.05, 0) is 47.9 Å². The maximum atomic E-state index is 13.1. The van der Waals surface area contributed by atoms with Crippen LogP contribution in [0.1, 0.15) is 12.0 Å². The van der Waals surface area contributed by atoms with E-state index in [9.17, 15) is 19.2 Å². The number of rotatable bonds is 7. The molecule has 1 unspecified atom stereocenters. The number of carbonyl (C=O) groups is 4. The number of aryl methyl sites for hydroxylation is 1. The van der Waals surface area contributed by atoms with Crippen molar-refractivity contribution < 1.29 is 29.0 Å². The Bertz CT molecular complexity index is 1130.